The zero-order chi connectivity index (χ0) is 21.0. The van der Waals surface area contributed by atoms with Gasteiger partial charge < -0.3 is 15.0 Å². The molecular weight excluding hydrogens is 401 g/mol. The van der Waals surface area contributed by atoms with Crippen LogP contribution in [0.2, 0.25) is 5.15 Å². The Labute approximate surface area is 171 Å². The average molecular weight is 420 g/mol. The van der Waals surface area contributed by atoms with Crippen molar-refractivity contribution in [2.24, 2.45) is 0 Å². The summed E-state index contributed by atoms with van der Waals surface area (Å²) >= 11 is 6.18. The normalized spacial score (nSPS) is 18.9. The highest BCUT2D eigenvalue weighted by molar-refractivity contribution is 6.29. The molecule has 3 heterocycles. The van der Waals surface area contributed by atoms with Crippen LogP contribution in [0, 0.1) is 0 Å². The fourth-order valence-corrected chi connectivity index (χ4v) is 3.21. The molecule has 2 aromatic rings. The molecule has 1 N–H and O–H groups in total. The van der Waals surface area contributed by atoms with Crippen LogP contribution in [-0.2, 0) is 9.53 Å². The molecule has 29 heavy (non-hydrogen) atoms. The summed E-state index contributed by atoms with van der Waals surface area (Å²) in [6.45, 7) is 2.95. The van der Waals surface area contributed by atoms with Crippen molar-refractivity contribution in [1.82, 2.24) is 25.2 Å². The first kappa shape index (κ1) is 20.8. The maximum Gasteiger partial charge on any atom is 0.269 e. The Bertz CT molecular complexity index is 942. The smallest absolute Gasteiger partial charge is 0.269 e. The number of alkyl halides is 1. The number of halogens is 2. The van der Waals surface area contributed by atoms with E-state index in [0.29, 0.717) is 17.0 Å². The number of nitrogens with zero attached hydrogens (tertiary/aromatic N) is 4. The van der Waals surface area contributed by atoms with Crippen molar-refractivity contribution >= 4 is 23.4 Å². The van der Waals surface area contributed by atoms with E-state index in [2.05, 4.69) is 26.8 Å². The summed E-state index contributed by atoms with van der Waals surface area (Å²) in [4.78, 5) is 37.6. The zero-order valence-electron chi connectivity index (χ0n) is 15.6. The van der Waals surface area contributed by atoms with Gasteiger partial charge in [0.1, 0.15) is 30.0 Å². The number of morpholine rings is 1. The van der Waals surface area contributed by atoms with Crippen molar-refractivity contribution in [3.63, 3.8) is 0 Å². The van der Waals surface area contributed by atoms with Crippen LogP contribution in [0.4, 0.5) is 4.39 Å². The van der Waals surface area contributed by atoms with Gasteiger partial charge in [-0.3, -0.25) is 9.59 Å². The maximum absolute atomic E-state index is 13.3. The lowest BCUT2D eigenvalue weighted by Gasteiger charge is -2.38. The molecule has 0 aromatic carbocycles. The molecule has 1 saturated heterocycles. The van der Waals surface area contributed by atoms with Gasteiger partial charge in [-0.25, -0.2) is 19.3 Å². The fraction of sp³-hybridized carbons (Fsp3) is 0.316. The largest absolute Gasteiger partial charge is 0.369 e. The second kappa shape index (κ2) is 9.06. The second-order valence-corrected chi connectivity index (χ2v) is 6.69. The van der Waals surface area contributed by atoms with Gasteiger partial charge in [-0.15, -0.1) is 0 Å². The van der Waals surface area contributed by atoms with E-state index in [1.807, 2.05) is 0 Å². The number of aromatic nitrogens is 3. The van der Waals surface area contributed by atoms with E-state index < -0.39 is 18.8 Å². The molecule has 1 unspecified atom stereocenters. The van der Waals surface area contributed by atoms with Crippen LogP contribution in [0.25, 0.3) is 11.4 Å². The monoisotopic (exact) mass is 419 g/mol. The summed E-state index contributed by atoms with van der Waals surface area (Å²) in [6, 6.07) is 4.16. The molecule has 2 amide bonds. The molecule has 1 fully saturated rings. The Kier molecular flexibility index (Phi) is 6.50. The molecule has 0 bridgehead atoms. The summed E-state index contributed by atoms with van der Waals surface area (Å²) in [5, 5.41) is 2.68. The van der Waals surface area contributed by atoms with E-state index in [-0.39, 0.29) is 35.8 Å². The summed E-state index contributed by atoms with van der Waals surface area (Å²) in [6.07, 6.45) is 1.88. The van der Waals surface area contributed by atoms with Gasteiger partial charge in [0.2, 0.25) is 5.91 Å². The molecule has 1 aliphatic rings. The number of rotatable bonds is 5. The lowest BCUT2D eigenvalue weighted by Crippen LogP contribution is -2.50. The minimum Gasteiger partial charge on any atom is -0.369 e. The number of carbonyl (C=O) groups is 2. The highest BCUT2D eigenvalue weighted by atomic mass is 35.5. The lowest BCUT2D eigenvalue weighted by atomic mass is 10.0. The quantitative estimate of drug-likeness (QED) is 0.588. The van der Waals surface area contributed by atoms with Gasteiger partial charge in [0.25, 0.3) is 5.91 Å². The highest BCUT2D eigenvalue weighted by Crippen LogP contribution is 2.29. The number of hydrogen-bond donors (Lipinski definition) is 1. The first-order chi connectivity index (χ1) is 14.0. The minimum atomic E-state index is -0.710. The molecule has 8 nitrogen and oxygen atoms in total. The van der Waals surface area contributed by atoms with Gasteiger partial charge in [-0.2, -0.15) is 0 Å². The zero-order valence-corrected chi connectivity index (χ0v) is 16.4. The Morgan fingerprint density at radius 3 is 2.86 bits per heavy atom. The van der Waals surface area contributed by atoms with Gasteiger partial charge >= 0.3 is 0 Å². The van der Waals surface area contributed by atoms with E-state index in [1.165, 1.54) is 24.3 Å². The Hall–Kier alpha value is -2.91. The third-order valence-corrected chi connectivity index (χ3v) is 4.70. The molecule has 3 rings (SSSR count). The van der Waals surface area contributed by atoms with Gasteiger partial charge in [-0.05, 0) is 29.8 Å². The number of amides is 2. The van der Waals surface area contributed by atoms with Crippen molar-refractivity contribution in [2.45, 2.75) is 12.1 Å². The van der Waals surface area contributed by atoms with E-state index in [0.717, 1.165) is 6.08 Å². The SMILES string of the molecule is C=CC(=O)N1C[C@@H](c2cc(Cl)nc(-c3cc(C(=O)NC)ncn3)c2)OCC1CF. The Morgan fingerprint density at radius 1 is 1.38 bits per heavy atom. The molecule has 0 spiro atoms. The summed E-state index contributed by atoms with van der Waals surface area (Å²) in [5.74, 6) is -0.727. The van der Waals surface area contributed by atoms with E-state index in [9.17, 15) is 14.0 Å². The maximum atomic E-state index is 13.3. The van der Waals surface area contributed by atoms with Crippen molar-refractivity contribution in [3.05, 3.63) is 53.6 Å². The minimum absolute atomic E-state index is 0.0460. The molecule has 10 heteroatoms. The molecule has 2 aromatic heterocycles. The summed E-state index contributed by atoms with van der Waals surface area (Å²) < 4.78 is 19.0. The molecule has 152 valence electrons. The van der Waals surface area contributed by atoms with Gasteiger partial charge in [0, 0.05) is 7.05 Å². The van der Waals surface area contributed by atoms with Gasteiger partial charge in [0.15, 0.2) is 0 Å². The molecule has 2 atom stereocenters. The highest BCUT2D eigenvalue weighted by Gasteiger charge is 2.32. The molecule has 0 radical (unpaired) electrons. The fourth-order valence-electron chi connectivity index (χ4n) is 3.00. The predicted octanol–water partition coefficient (Wildman–Crippen LogP) is 1.98. The van der Waals surface area contributed by atoms with E-state index in [1.54, 1.807) is 12.1 Å². The van der Waals surface area contributed by atoms with E-state index >= 15 is 0 Å². The first-order valence-corrected chi connectivity index (χ1v) is 9.17. The predicted molar refractivity (Wildman–Crippen MR) is 104 cm³/mol. The molecule has 0 saturated carbocycles. The van der Waals surface area contributed by atoms with Gasteiger partial charge in [-0.1, -0.05) is 18.2 Å². The number of hydrogen-bond acceptors (Lipinski definition) is 6. The molecular formula is C19H19ClFN5O3. The van der Waals surface area contributed by atoms with Crippen molar-refractivity contribution < 1.29 is 18.7 Å². The molecule has 0 aliphatic carbocycles. The van der Waals surface area contributed by atoms with Gasteiger partial charge in [0.05, 0.1) is 30.6 Å². The van der Waals surface area contributed by atoms with Crippen LogP contribution < -0.4 is 5.32 Å². The Balaban J connectivity index is 1.92. The number of pyridine rings is 1. The standard InChI is InChI=1S/C19H19ClFN5O3/c1-3-18(27)26-8-16(29-9-12(26)7-21)11-4-14(25-17(20)5-11)13-6-15(19(28)22-2)24-10-23-13/h3-6,10,12,16H,1,7-9H2,2H3,(H,22,28)/t12?,16-/m0/s1. The second-order valence-electron chi connectivity index (χ2n) is 6.30. The summed E-state index contributed by atoms with van der Waals surface area (Å²) in [5.41, 5.74) is 1.65. The Morgan fingerprint density at radius 2 is 2.17 bits per heavy atom. The van der Waals surface area contributed by atoms with Crippen molar-refractivity contribution in [3.8, 4) is 11.4 Å². The van der Waals surface area contributed by atoms with Crippen LogP contribution in [0.5, 0.6) is 0 Å². The van der Waals surface area contributed by atoms with Crippen LogP contribution in [0.1, 0.15) is 22.2 Å². The third kappa shape index (κ3) is 4.57. The topological polar surface area (TPSA) is 97.3 Å². The number of ether oxygens (including phenoxy) is 1. The van der Waals surface area contributed by atoms with Crippen LogP contribution in [-0.4, -0.2) is 64.6 Å². The van der Waals surface area contributed by atoms with Crippen LogP contribution in [0.15, 0.2) is 37.2 Å². The molecule has 1 aliphatic heterocycles. The third-order valence-electron chi connectivity index (χ3n) is 4.51. The first-order valence-electron chi connectivity index (χ1n) is 8.79. The van der Waals surface area contributed by atoms with Crippen molar-refractivity contribution in [2.75, 3.05) is 26.9 Å². The van der Waals surface area contributed by atoms with Crippen LogP contribution in [0.3, 0.4) is 0 Å². The van der Waals surface area contributed by atoms with E-state index in [4.69, 9.17) is 16.3 Å². The number of nitrogens with one attached hydrogen (secondary N) is 1. The van der Waals surface area contributed by atoms with Crippen molar-refractivity contribution in [1.29, 1.82) is 0 Å². The lowest BCUT2D eigenvalue weighted by molar-refractivity contribution is -0.141. The van der Waals surface area contributed by atoms with Crippen LogP contribution >= 0.6 is 11.6 Å². The summed E-state index contributed by atoms with van der Waals surface area (Å²) in [7, 11) is 1.50. The average Bonchev–Trinajstić information content (AvgIpc) is 2.77. The number of carbonyl (C=O) groups excluding carboxylic acids is 2.